The van der Waals surface area contributed by atoms with Gasteiger partial charge in [0.25, 0.3) is 0 Å². The number of aromatic hydroxyl groups is 1. The summed E-state index contributed by atoms with van der Waals surface area (Å²) in [5, 5.41) is 9.46. The fraction of sp³-hybridized carbons (Fsp3) is 0.417. The van der Waals surface area contributed by atoms with Crippen LogP contribution in [0.3, 0.4) is 0 Å². The highest BCUT2D eigenvalue weighted by Gasteiger charge is 2.36. The Morgan fingerprint density at radius 1 is 1.53 bits per heavy atom. The molecule has 0 unspecified atom stereocenters. The molecule has 3 N–H and O–H groups in total. The lowest BCUT2D eigenvalue weighted by atomic mass is 9.72. The van der Waals surface area contributed by atoms with E-state index >= 15 is 0 Å². The quantitative estimate of drug-likeness (QED) is 0.770. The molecule has 4 nitrogen and oxygen atoms in total. The SMILES string of the molecule is COC(=O)c1cc(C2(N)CCC2)cc(F)c1O. The zero-order chi connectivity index (χ0) is 12.6. The predicted octanol–water partition coefficient (Wildman–Crippen LogP) is 1.66. The summed E-state index contributed by atoms with van der Waals surface area (Å²) in [5.74, 6) is -2.31. The van der Waals surface area contributed by atoms with E-state index in [9.17, 15) is 14.3 Å². The molecule has 0 heterocycles. The van der Waals surface area contributed by atoms with Gasteiger partial charge in [-0.25, -0.2) is 9.18 Å². The number of carbonyl (C=O) groups is 1. The predicted molar refractivity (Wildman–Crippen MR) is 59.1 cm³/mol. The van der Waals surface area contributed by atoms with Gasteiger partial charge in [-0.15, -0.1) is 0 Å². The van der Waals surface area contributed by atoms with Crippen LogP contribution in [0.5, 0.6) is 5.75 Å². The third-order valence-electron chi connectivity index (χ3n) is 3.29. The highest BCUT2D eigenvalue weighted by Crippen LogP contribution is 2.40. The summed E-state index contributed by atoms with van der Waals surface area (Å²) in [4.78, 5) is 11.4. The van der Waals surface area contributed by atoms with E-state index in [0.29, 0.717) is 5.56 Å². The van der Waals surface area contributed by atoms with Crippen molar-refractivity contribution in [2.75, 3.05) is 7.11 Å². The van der Waals surface area contributed by atoms with E-state index in [1.54, 1.807) is 0 Å². The van der Waals surface area contributed by atoms with Gasteiger partial charge in [0.05, 0.1) is 7.11 Å². The molecule has 0 aromatic heterocycles. The first-order chi connectivity index (χ1) is 7.98. The smallest absolute Gasteiger partial charge is 0.341 e. The van der Waals surface area contributed by atoms with Crippen LogP contribution in [0, 0.1) is 5.82 Å². The van der Waals surface area contributed by atoms with Gasteiger partial charge in [-0.2, -0.15) is 0 Å². The Morgan fingerprint density at radius 3 is 2.65 bits per heavy atom. The molecule has 0 saturated heterocycles. The van der Waals surface area contributed by atoms with Crippen LogP contribution in [0.15, 0.2) is 12.1 Å². The molecule has 1 aromatic rings. The molecule has 0 radical (unpaired) electrons. The summed E-state index contributed by atoms with van der Waals surface area (Å²) in [6, 6.07) is 2.59. The Morgan fingerprint density at radius 2 is 2.18 bits per heavy atom. The molecule has 0 spiro atoms. The van der Waals surface area contributed by atoms with Gasteiger partial charge in [0.1, 0.15) is 5.56 Å². The van der Waals surface area contributed by atoms with Gasteiger partial charge in [0, 0.05) is 5.54 Å². The summed E-state index contributed by atoms with van der Waals surface area (Å²) in [6.07, 6.45) is 2.47. The first kappa shape index (κ1) is 11.9. The number of ether oxygens (including phenoxy) is 1. The molecule has 2 rings (SSSR count). The standard InChI is InChI=1S/C12H14FNO3/c1-17-11(16)8-5-7(6-9(13)10(8)15)12(14)3-2-4-12/h5-6,15H,2-4,14H2,1H3. The van der Waals surface area contributed by atoms with E-state index in [0.717, 1.165) is 19.3 Å². The molecule has 92 valence electrons. The van der Waals surface area contributed by atoms with E-state index in [1.807, 2.05) is 0 Å². The number of esters is 1. The zero-order valence-corrected chi connectivity index (χ0v) is 9.50. The number of methoxy groups -OCH3 is 1. The van der Waals surface area contributed by atoms with Gasteiger partial charge in [0.15, 0.2) is 11.6 Å². The Labute approximate surface area is 98.2 Å². The molecule has 0 bridgehead atoms. The van der Waals surface area contributed by atoms with Gasteiger partial charge >= 0.3 is 5.97 Å². The number of carbonyl (C=O) groups excluding carboxylic acids is 1. The van der Waals surface area contributed by atoms with E-state index in [4.69, 9.17) is 5.73 Å². The highest BCUT2D eigenvalue weighted by molar-refractivity contribution is 5.92. The van der Waals surface area contributed by atoms with Crippen molar-refractivity contribution in [2.24, 2.45) is 5.73 Å². The maximum atomic E-state index is 13.5. The molecule has 5 heteroatoms. The second kappa shape index (κ2) is 4.00. The van der Waals surface area contributed by atoms with Crippen molar-refractivity contribution in [3.05, 3.63) is 29.1 Å². The summed E-state index contributed by atoms with van der Waals surface area (Å²) < 4.78 is 18.0. The fourth-order valence-corrected chi connectivity index (χ4v) is 2.00. The third kappa shape index (κ3) is 1.86. The average molecular weight is 239 g/mol. The molecular formula is C12H14FNO3. The van der Waals surface area contributed by atoms with Crippen LogP contribution in [0.4, 0.5) is 4.39 Å². The lowest BCUT2D eigenvalue weighted by Crippen LogP contribution is -2.43. The number of hydrogen-bond acceptors (Lipinski definition) is 4. The van der Waals surface area contributed by atoms with Crippen LogP contribution in [-0.2, 0) is 10.3 Å². The number of phenols is 1. The largest absolute Gasteiger partial charge is 0.504 e. The molecule has 1 saturated carbocycles. The van der Waals surface area contributed by atoms with Crippen LogP contribution < -0.4 is 5.73 Å². The van der Waals surface area contributed by atoms with Gasteiger partial charge < -0.3 is 15.6 Å². The molecule has 17 heavy (non-hydrogen) atoms. The van der Waals surface area contributed by atoms with Crippen molar-refractivity contribution < 1.29 is 19.0 Å². The lowest BCUT2D eigenvalue weighted by molar-refractivity contribution is 0.0596. The number of rotatable bonds is 2. The minimum absolute atomic E-state index is 0.181. The van der Waals surface area contributed by atoms with Gasteiger partial charge in [-0.05, 0) is 37.0 Å². The van der Waals surface area contributed by atoms with Crippen molar-refractivity contribution in [3.63, 3.8) is 0 Å². The monoisotopic (exact) mass is 239 g/mol. The second-order valence-electron chi connectivity index (χ2n) is 4.36. The maximum Gasteiger partial charge on any atom is 0.341 e. The highest BCUT2D eigenvalue weighted by atomic mass is 19.1. The molecule has 1 aromatic carbocycles. The minimum atomic E-state index is -0.848. The van der Waals surface area contributed by atoms with Crippen molar-refractivity contribution in [2.45, 2.75) is 24.8 Å². The Balaban J connectivity index is 2.49. The van der Waals surface area contributed by atoms with Crippen LogP contribution in [-0.4, -0.2) is 18.2 Å². The molecule has 0 amide bonds. The molecule has 0 aliphatic heterocycles. The van der Waals surface area contributed by atoms with Crippen molar-refractivity contribution in [1.29, 1.82) is 0 Å². The molecule has 0 atom stereocenters. The minimum Gasteiger partial charge on any atom is -0.504 e. The van der Waals surface area contributed by atoms with E-state index in [2.05, 4.69) is 4.74 Å². The van der Waals surface area contributed by atoms with Gasteiger partial charge in [0.2, 0.25) is 0 Å². The summed E-state index contributed by atoms with van der Waals surface area (Å²) in [5.41, 5.74) is 5.81. The molecule has 1 aliphatic carbocycles. The van der Waals surface area contributed by atoms with E-state index in [1.165, 1.54) is 19.2 Å². The Bertz CT molecular complexity index is 469. The van der Waals surface area contributed by atoms with Crippen LogP contribution in [0.1, 0.15) is 35.2 Å². The zero-order valence-electron chi connectivity index (χ0n) is 9.50. The van der Waals surface area contributed by atoms with Crippen molar-refractivity contribution in [1.82, 2.24) is 0 Å². The topological polar surface area (TPSA) is 72.5 Å². The van der Waals surface area contributed by atoms with E-state index in [-0.39, 0.29) is 5.56 Å². The number of phenolic OH excluding ortho intramolecular Hbond substituents is 1. The molecule has 1 aliphatic rings. The van der Waals surface area contributed by atoms with Crippen molar-refractivity contribution in [3.8, 4) is 5.75 Å². The number of hydrogen-bond donors (Lipinski definition) is 2. The van der Waals surface area contributed by atoms with Crippen LogP contribution in [0.2, 0.25) is 0 Å². The number of halogens is 1. The average Bonchev–Trinajstić information content (AvgIpc) is 2.28. The molecular weight excluding hydrogens is 225 g/mol. The second-order valence-corrected chi connectivity index (χ2v) is 4.36. The number of benzene rings is 1. The van der Waals surface area contributed by atoms with Gasteiger partial charge in [-0.1, -0.05) is 0 Å². The Kier molecular flexibility index (Phi) is 2.79. The summed E-state index contributed by atoms with van der Waals surface area (Å²) >= 11 is 0. The van der Waals surface area contributed by atoms with Crippen LogP contribution in [0.25, 0.3) is 0 Å². The maximum absolute atomic E-state index is 13.5. The van der Waals surface area contributed by atoms with Gasteiger partial charge in [-0.3, -0.25) is 0 Å². The van der Waals surface area contributed by atoms with Crippen molar-refractivity contribution >= 4 is 5.97 Å². The normalized spacial score (nSPS) is 17.4. The lowest BCUT2D eigenvalue weighted by Gasteiger charge is -2.38. The first-order valence-corrected chi connectivity index (χ1v) is 5.38. The number of nitrogens with two attached hydrogens (primary N) is 1. The summed E-state index contributed by atoms with van der Waals surface area (Å²) in [7, 11) is 1.17. The van der Waals surface area contributed by atoms with Crippen LogP contribution >= 0.6 is 0 Å². The first-order valence-electron chi connectivity index (χ1n) is 5.38. The van der Waals surface area contributed by atoms with E-state index < -0.39 is 23.1 Å². The molecule has 1 fully saturated rings. The third-order valence-corrected chi connectivity index (χ3v) is 3.29. The summed E-state index contributed by atoms with van der Waals surface area (Å²) in [6.45, 7) is 0. The fourth-order valence-electron chi connectivity index (χ4n) is 2.00. The Hall–Kier alpha value is -1.62.